The van der Waals surface area contributed by atoms with Gasteiger partial charge in [0.2, 0.25) is 5.91 Å². The van der Waals surface area contributed by atoms with E-state index in [1.165, 1.54) is 30.0 Å². The SMILES string of the molecule is Cc1ccc([C@@H]2CC(c3ccccc3)=NN2C2=NC(=O)[C@H](CC(=O)Nc3cccc(F)c3)S2)cc1. The highest BCUT2D eigenvalue weighted by Gasteiger charge is 2.39. The number of nitrogens with one attached hydrogen (secondary N) is 1. The van der Waals surface area contributed by atoms with E-state index in [-0.39, 0.29) is 24.3 Å². The van der Waals surface area contributed by atoms with Gasteiger partial charge in [-0.15, -0.1) is 0 Å². The Labute approximate surface area is 207 Å². The topological polar surface area (TPSA) is 74.1 Å². The van der Waals surface area contributed by atoms with Crippen LogP contribution in [0.1, 0.15) is 35.6 Å². The van der Waals surface area contributed by atoms with Crippen molar-refractivity contribution in [3.63, 3.8) is 0 Å². The van der Waals surface area contributed by atoms with Gasteiger partial charge in [-0.1, -0.05) is 78.0 Å². The number of hydrogen-bond donors (Lipinski definition) is 1. The van der Waals surface area contributed by atoms with E-state index in [2.05, 4.69) is 34.6 Å². The standard InChI is InChI=1S/C27H23FN4O2S/c1-17-10-12-19(13-11-17)23-15-22(18-6-3-2-4-7-18)31-32(23)27-30-26(34)24(35-27)16-25(33)29-21-9-5-8-20(28)14-21/h2-14,23-24H,15-16H2,1H3,(H,29,33)/t23-,24-/m0/s1. The molecule has 35 heavy (non-hydrogen) atoms. The predicted octanol–water partition coefficient (Wildman–Crippen LogP) is 5.31. The van der Waals surface area contributed by atoms with Gasteiger partial charge in [0, 0.05) is 18.5 Å². The third-order valence-corrected chi connectivity index (χ3v) is 7.03. The second-order valence-electron chi connectivity index (χ2n) is 8.49. The molecule has 0 radical (unpaired) electrons. The Balaban J connectivity index is 1.34. The van der Waals surface area contributed by atoms with Crippen LogP contribution in [-0.4, -0.2) is 33.0 Å². The zero-order valence-corrected chi connectivity index (χ0v) is 19.8. The van der Waals surface area contributed by atoms with E-state index >= 15 is 0 Å². The van der Waals surface area contributed by atoms with Gasteiger partial charge in [-0.25, -0.2) is 9.40 Å². The maximum Gasteiger partial charge on any atom is 0.262 e. The summed E-state index contributed by atoms with van der Waals surface area (Å²) < 4.78 is 13.4. The average molecular weight is 487 g/mol. The minimum Gasteiger partial charge on any atom is -0.326 e. The second kappa shape index (κ2) is 9.84. The largest absolute Gasteiger partial charge is 0.326 e. The minimum absolute atomic E-state index is 0.0642. The molecular weight excluding hydrogens is 463 g/mol. The quantitative estimate of drug-likeness (QED) is 0.530. The Morgan fingerprint density at radius 2 is 1.86 bits per heavy atom. The predicted molar refractivity (Wildman–Crippen MR) is 137 cm³/mol. The molecule has 5 rings (SSSR count). The first-order valence-corrected chi connectivity index (χ1v) is 12.2. The summed E-state index contributed by atoms with van der Waals surface area (Å²) in [4.78, 5) is 29.5. The fourth-order valence-electron chi connectivity index (χ4n) is 4.09. The molecule has 8 heteroatoms. The summed E-state index contributed by atoms with van der Waals surface area (Å²) in [5.74, 6) is -1.18. The Bertz CT molecular complexity index is 1320. The van der Waals surface area contributed by atoms with Crippen molar-refractivity contribution in [1.82, 2.24) is 5.01 Å². The Morgan fingerprint density at radius 3 is 2.60 bits per heavy atom. The van der Waals surface area contributed by atoms with Crippen LogP contribution in [0, 0.1) is 12.7 Å². The zero-order valence-electron chi connectivity index (χ0n) is 19.0. The van der Waals surface area contributed by atoms with Gasteiger partial charge in [0.05, 0.1) is 11.8 Å². The molecule has 2 aliphatic rings. The molecule has 3 aromatic carbocycles. The third-order valence-electron chi connectivity index (χ3n) is 5.88. The van der Waals surface area contributed by atoms with E-state index in [4.69, 9.17) is 5.10 Å². The smallest absolute Gasteiger partial charge is 0.262 e. The summed E-state index contributed by atoms with van der Waals surface area (Å²) >= 11 is 1.24. The third kappa shape index (κ3) is 5.17. The summed E-state index contributed by atoms with van der Waals surface area (Å²) in [6.07, 6.45) is 0.608. The lowest BCUT2D eigenvalue weighted by Gasteiger charge is -2.23. The van der Waals surface area contributed by atoms with Crippen molar-refractivity contribution in [2.45, 2.75) is 31.1 Å². The van der Waals surface area contributed by atoms with E-state index in [0.717, 1.165) is 22.4 Å². The number of thioether (sulfide) groups is 1. The number of halogens is 1. The molecule has 2 amide bonds. The van der Waals surface area contributed by atoms with Crippen LogP contribution in [0.3, 0.4) is 0 Å². The van der Waals surface area contributed by atoms with Crippen LogP contribution in [0.4, 0.5) is 10.1 Å². The first-order valence-electron chi connectivity index (χ1n) is 11.3. The normalized spacial score (nSPS) is 19.5. The van der Waals surface area contributed by atoms with Crippen molar-refractivity contribution < 1.29 is 14.0 Å². The maximum absolute atomic E-state index is 13.4. The number of carbonyl (C=O) groups is 2. The van der Waals surface area contributed by atoms with Crippen molar-refractivity contribution >= 4 is 40.1 Å². The number of aryl methyl sites for hydroxylation is 1. The molecule has 0 unspecified atom stereocenters. The Morgan fingerprint density at radius 1 is 1.09 bits per heavy atom. The molecule has 0 aliphatic carbocycles. The summed E-state index contributed by atoms with van der Waals surface area (Å²) in [5, 5.41) is 9.12. The van der Waals surface area contributed by atoms with E-state index in [1.54, 1.807) is 11.1 Å². The van der Waals surface area contributed by atoms with Gasteiger partial charge in [0.25, 0.3) is 5.91 Å². The fourth-order valence-corrected chi connectivity index (χ4v) is 5.15. The lowest BCUT2D eigenvalue weighted by molar-refractivity contribution is -0.121. The molecule has 0 fully saturated rings. The monoisotopic (exact) mass is 486 g/mol. The van der Waals surface area contributed by atoms with Crippen molar-refractivity contribution in [3.05, 3.63) is 101 Å². The van der Waals surface area contributed by atoms with E-state index in [1.807, 2.05) is 37.3 Å². The Hall–Kier alpha value is -3.78. The minimum atomic E-state index is -0.659. The molecule has 0 aromatic heterocycles. The maximum atomic E-state index is 13.4. The number of amides is 2. The number of benzene rings is 3. The molecule has 0 spiro atoms. The number of aliphatic imine (C=N–C) groups is 1. The van der Waals surface area contributed by atoms with Crippen molar-refractivity contribution in [2.75, 3.05) is 5.32 Å². The van der Waals surface area contributed by atoms with Gasteiger partial charge in [-0.2, -0.15) is 10.1 Å². The van der Waals surface area contributed by atoms with E-state index < -0.39 is 11.1 Å². The summed E-state index contributed by atoms with van der Waals surface area (Å²) in [5.41, 5.74) is 4.53. The van der Waals surface area contributed by atoms with E-state index in [0.29, 0.717) is 17.3 Å². The molecule has 2 atom stereocenters. The van der Waals surface area contributed by atoms with Crippen LogP contribution in [0.5, 0.6) is 0 Å². The molecule has 0 bridgehead atoms. The molecule has 3 aromatic rings. The van der Waals surface area contributed by atoms with Gasteiger partial charge in [0.1, 0.15) is 11.1 Å². The average Bonchev–Trinajstić information content (AvgIpc) is 3.44. The van der Waals surface area contributed by atoms with E-state index in [9.17, 15) is 14.0 Å². The molecule has 2 aliphatic heterocycles. The van der Waals surface area contributed by atoms with Gasteiger partial charge in [-0.05, 0) is 36.2 Å². The highest BCUT2D eigenvalue weighted by Crippen LogP contribution is 2.38. The van der Waals surface area contributed by atoms with Gasteiger partial charge in [-0.3, -0.25) is 9.59 Å². The summed E-state index contributed by atoms with van der Waals surface area (Å²) in [6, 6.07) is 23.7. The molecule has 6 nitrogen and oxygen atoms in total. The number of anilines is 1. The zero-order chi connectivity index (χ0) is 24.4. The van der Waals surface area contributed by atoms with Crippen LogP contribution in [0.2, 0.25) is 0 Å². The van der Waals surface area contributed by atoms with Crippen molar-refractivity contribution in [2.24, 2.45) is 10.1 Å². The lowest BCUT2D eigenvalue weighted by atomic mass is 9.98. The number of carbonyl (C=O) groups excluding carboxylic acids is 2. The first-order chi connectivity index (χ1) is 17.0. The number of nitrogens with zero attached hydrogens (tertiary/aromatic N) is 3. The summed E-state index contributed by atoms with van der Waals surface area (Å²) in [7, 11) is 0. The van der Waals surface area contributed by atoms with Crippen LogP contribution >= 0.6 is 11.8 Å². The van der Waals surface area contributed by atoms with Gasteiger partial charge >= 0.3 is 0 Å². The molecule has 0 saturated carbocycles. The second-order valence-corrected chi connectivity index (χ2v) is 9.66. The Kier molecular flexibility index (Phi) is 6.46. The number of amidine groups is 1. The van der Waals surface area contributed by atoms with Gasteiger partial charge in [0.15, 0.2) is 5.17 Å². The molecule has 1 N–H and O–H groups in total. The van der Waals surface area contributed by atoms with Crippen molar-refractivity contribution in [3.8, 4) is 0 Å². The van der Waals surface area contributed by atoms with Crippen LogP contribution in [-0.2, 0) is 9.59 Å². The van der Waals surface area contributed by atoms with Crippen LogP contribution in [0.25, 0.3) is 0 Å². The number of hydrazone groups is 1. The summed E-state index contributed by atoms with van der Waals surface area (Å²) in [6.45, 7) is 2.04. The van der Waals surface area contributed by atoms with Gasteiger partial charge < -0.3 is 5.32 Å². The van der Waals surface area contributed by atoms with Crippen LogP contribution < -0.4 is 5.32 Å². The van der Waals surface area contributed by atoms with Crippen molar-refractivity contribution in [1.29, 1.82) is 0 Å². The number of rotatable bonds is 5. The van der Waals surface area contributed by atoms with Crippen LogP contribution in [0.15, 0.2) is 89.0 Å². The highest BCUT2D eigenvalue weighted by molar-refractivity contribution is 8.15. The molecular formula is C27H23FN4O2S. The fraction of sp³-hybridized carbons (Fsp3) is 0.185. The number of hydrogen-bond acceptors (Lipinski definition) is 5. The first kappa shape index (κ1) is 23.0. The molecule has 176 valence electrons. The highest BCUT2D eigenvalue weighted by atomic mass is 32.2. The molecule has 0 saturated heterocycles. The molecule has 2 heterocycles. The lowest BCUT2D eigenvalue weighted by Crippen LogP contribution is -2.25.